The Balaban J connectivity index is 1.76. The van der Waals surface area contributed by atoms with E-state index in [0.29, 0.717) is 22.3 Å². The van der Waals surface area contributed by atoms with E-state index in [1.54, 1.807) is 17.8 Å². The predicted molar refractivity (Wildman–Crippen MR) is 116 cm³/mol. The van der Waals surface area contributed by atoms with Gasteiger partial charge in [0.25, 0.3) is 0 Å². The highest BCUT2D eigenvalue weighted by Crippen LogP contribution is 2.29. The first kappa shape index (κ1) is 20.8. The lowest BCUT2D eigenvalue weighted by molar-refractivity contribution is 0.210. The van der Waals surface area contributed by atoms with Crippen molar-refractivity contribution in [3.8, 4) is 5.75 Å². The molecule has 1 heterocycles. The van der Waals surface area contributed by atoms with E-state index in [1.807, 2.05) is 60.9 Å². The summed E-state index contributed by atoms with van der Waals surface area (Å²) in [5, 5.41) is 10.6. The van der Waals surface area contributed by atoms with Crippen molar-refractivity contribution in [3.05, 3.63) is 82.1 Å². The highest BCUT2D eigenvalue weighted by atomic mass is 35.5. The molecule has 4 nitrogen and oxygen atoms in total. The van der Waals surface area contributed by atoms with Gasteiger partial charge in [0, 0.05) is 12.3 Å². The number of allylic oxidation sites excluding steroid dienone is 1. The molecule has 0 radical (unpaired) electrons. The summed E-state index contributed by atoms with van der Waals surface area (Å²) in [7, 11) is 0. The van der Waals surface area contributed by atoms with Crippen molar-refractivity contribution < 1.29 is 4.74 Å². The van der Waals surface area contributed by atoms with Gasteiger partial charge in [0.1, 0.15) is 5.75 Å². The number of ether oxygens (including phenoxy) is 1. The Morgan fingerprint density at radius 3 is 2.71 bits per heavy atom. The Bertz CT molecular complexity index is 974. The molecule has 2 aromatic carbocycles. The molecule has 0 amide bonds. The van der Waals surface area contributed by atoms with E-state index in [0.717, 1.165) is 27.9 Å². The van der Waals surface area contributed by atoms with Crippen LogP contribution >= 0.6 is 35.0 Å². The van der Waals surface area contributed by atoms with Gasteiger partial charge in [0.15, 0.2) is 17.1 Å². The summed E-state index contributed by atoms with van der Waals surface area (Å²) in [6, 6.07) is 13.6. The summed E-state index contributed by atoms with van der Waals surface area (Å²) in [6.07, 6.45) is 1.59. The van der Waals surface area contributed by atoms with E-state index in [4.69, 9.17) is 27.9 Å². The van der Waals surface area contributed by atoms with E-state index in [2.05, 4.69) is 16.8 Å². The smallest absolute Gasteiger partial charge is 0.191 e. The monoisotopic (exact) mass is 433 g/mol. The van der Waals surface area contributed by atoms with Gasteiger partial charge < -0.3 is 4.74 Å². The molecule has 3 aromatic rings. The van der Waals surface area contributed by atoms with Gasteiger partial charge in [0.2, 0.25) is 0 Å². The third-order valence-electron chi connectivity index (χ3n) is 4.08. The van der Waals surface area contributed by atoms with Crippen LogP contribution in [-0.2, 0) is 12.3 Å². The largest absolute Gasteiger partial charge is 0.483 e. The second-order valence-electron chi connectivity index (χ2n) is 6.35. The standard InChI is InChI=1S/C21H21Cl2N3OS/c1-4-10-26-20(15(3)27-17-7-5-6-14(2)11-17)24-25-21(26)28-13-16-8-9-18(22)19(23)12-16/h4-9,11-12,15H,1,10,13H2,2-3H3. The second-order valence-corrected chi connectivity index (χ2v) is 8.11. The number of thioether (sulfide) groups is 1. The van der Waals surface area contributed by atoms with Gasteiger partial charge in [0.05, 0.1) is 10.0 Å². The van der Waals surface area contributed by atoms with Gasteiger partial charge >= 0.3 is 0 Å². The minimum Gasteiger partial charge on any atom is -0.483 e. The van der Waals surface area contributed by atoms with Crippen LogP contribution in [0.25, 0.3) is 0 Å². The summed E-state index contributed by atoms with van der Waals surface area (Å²) in [4.78, 5) is 0. The Morgan fingerprint density at radius 2 is 2.00 bits per heavy atom. The summed E-state index contributed by atoms with van der Waals surface area (Å²) in [5.74, 6) is 2.28. The van der Waals surface area contributed by atoms with Crippen LogP contribution < -0.4 is 4.74 Å². The van der Waals surface area contributed by atoms with Crippen molar-refractivity contribution in [2.45, 2.75) is 37.4 Å². The molecule has 28 heavy (non-hydrogen) atoms. The normalized spacial score (nSPS) is 12.0. The molecule has 0 fully saturated rings. The lowest BCUT2D eigenvalue weighted by Gasteiger charge is -2.16. The summed E-state index contributed by atoms with van der Waals surface area (Å²) in [5.41, 5.74) is 2.22. The topological polar surface area (TPSA) is 39.9 Å². The second kappa shape index (κ2) is 9.50. The van der Waals surface area contributed by atoms with Crippen molar-refractivity contribution >= 4 is 35.0 Å². The van der Waals surface area contributed by atoms with E-state index in [9.17, 15) is 0 Å². The number of aromatic nitrogens is 3. The fourth-order valence-electron chi connectivity index (χ4n) is 2.73. The highest BCUT2D eigenvalue weighted by molar-refractivity contribution is 7.98. The van der Waals surface area contributed by atoms with Crippen LogP contribution in [0.15, 0.2) is 60.3 Å². The van der Waals surface area contributed by atoms with E-state index in [1.165, 1.54) is 0 Å². The number of hydrogen-bond acceptors (Lipinski definition) is 4. The molecule has 0 aliphatic heterocycles. The zero-order valence-electron chi connectivity index (χ0n) is 15.7. The minimum atomic E-state index is -0.242. The molecule has 1 unspecified atom stereocenters. The maximum atomic E-state index is 6.11. The van der Waals surface area contributed by atoms with Crippen LogP contribution in [0.3, 0.4) is 0 Å². The van der Waals surface area contributed by atoms with Gasteiger partial charge in [-0.3, -0.25) is 4.57 Å². The maximum Gasteiger partial charge on any atom is 0.191 e. The van der Waals surface area contributed by atoms with Crippen LogP contribution in [0.4, 0.5) is 0 Å². The van der Waals surface area contributed by atoms with Crippen molar-refractivity contribution in [1.29, 1.82) is 0 Å². The lowest BCUT2D eigenvalue weighted by atomic mass is 10.2. The average molecular weight is 434 g/mol. The Labute approximate surface area is 179 Å². The van der Waals surface area contributed by atoms with Crippen LogP contribution in [0, 0.1) is 6.92 Å². The predicted octanol–water partition coefficient (Wildman–Crippen LogP) is 6.51. The van der Waals surface area contributed by atoms with Gasteiger partial charge in [-0.1, -0.05) is 59.2 Å². The maximum absolute atomic E-state index is 6.11. The number of rotatable bonds is 8. The third-order valence-corrected chi connectivity index (χ3v) is 5.85. The average Bonchev–Trinajstić information content (AvgIpc) is 3.06. The first-order valence-corrected chi connectivity index (χ1v) is 10.6. The van der Waals surface area contributed by atoms with Crippen molar-refractivity contribution in [3.63, 3.8) is 0 Å². The fourth-order valence-corrected chi connectivity index (χ4v) is 3.95. The van der Waals surface area contributed by atoms with Gasteiger partial charge in [-0.05, 0) is 49.2 Å². The van der Waals surface area contributed by atoms with Crippen molar-refractivity contribution in [1.82, 2.24) is 14.8 Å². The molecule has 0 saturated carbocycles. The van der Waals surface area contributed by atoms with Crippen molar-refractivity contribution in [2.24, 2.45) is 0 Å². The van der Waals surface area contributed by atoms with E-state index >= 15 is 0 Å². The molecule has 1 aromatic heterocycles. The molecule has 3 rings (SSSR count). The van der Waals surface area contributed by atoms with Crippen LogP contribution in [0.5, 0.6) is 5.75 Å². The molecular weight excluding hydrogens is 413 g/mol. The fraction of sp³-hybridized carbons (Fsp3) is 0.238. The molecule has 7 heteroatoms. The number of benzene rings is 2. The number of hydrogen-bond donors (Lipinski definition) is 0. The number of halogens is 2. The van der Waals surface area contributed by atoms with E-state index in [-0.39, 0.29) is 6.10 Å². The molecular formula is C21H21Cl2N3OS. The van der Waals surface area contributed by atoms with Gasteiger partial charge in [-0.25, -0.2) is 0 Å². The minimum absolute atomic E-state index is 0.242. The molecule has 0 aliphatic carbocycles. The summed E-state index contributed by atoms with van der Waals surface area (Å²) < 4.78 is 8.10. The van der Waals surface area contributed by atoms with Gasteiger partial charge in [-0.15, -0.1) is 16.8 Å². The van der Waals surface area contributed by atoms with E-state index < -0.39 is 0 Å². The lowest BCUT2D eigenvalue weighted by Crippen LogP contribution is -2.12. The quantitative estimate of drug-likeness (QED) is 0.299. The molecule has 0 aliphatic rings. The zero-order valence-corrected chi connectivity index (χ0v) is 18.1. The Morgan fingerprint density at radius 1 is 1.18 bits per heavy atom. The van der Waals surface area contributed by atoms with Gasteiger partial charge in [-0.2, -0.15) is 0 Å². The Hall–Kier alpha value is -1.95. The third kappa shape index (κ3) is 5.10. The molecule has 0 saturated heterocycles. The molecule has 0 spiro atoms. The number of aryl methyl sites for hydroxylation is 1. The molecule has 146 valence electrons. The molecule has 1 atom stereocenters. The van der Waals surface area contributed by atoms with Crippen LogP contribution in [0.1, 0.15) is 30.0 Å². The van der Waals surface area contributed by atoms with Crippen LogP contribution in [0.2, 0.25) is 10.0 Å². The summed E-state index contributed by atoms with van der Waals surface area (Å²) >= 11 is 13.7. The first-order valence-electron chi connectivity index (χ1n) is 8.82. The number of nitrogens with zero attached hydrogens (tertiary/aromatic N) is 3. The highest BCUT2D eigenvalue weighted by Gasteiger charge is 2.19. The summed E-state index contributed by atoms with van der Waals surface area (Å²) in [6.45, 7) is 8.47. The Kier molecular flexibility index (Phi) is 7.05. The SMILES string of the molecule is C=CCn1c(SCc2ccc(Cl)c(Cl)c2)nnc1C(C)Oc1cccc(C)c1. The van der Waals surface area contributed by atoms with Crippen molar-refractivity contribution in [2.75, 3.05) is 0 Å². The first-order chi connectivity index (χ1) is 13.5. The molecule has 0 N–H and O–H groups in total. The molecule has 0 bridgehead atoms. The van der Waals surface area contributed by atoms with Crippen LogP contribution in [-0.4, -0.2) is 14.8 Å². The zero-order chi connectivity index (χ0) is 20.1.